The second kappa shape index (κ2) is 6.11. The molecule has 3 aromatic heterocycles. The highest BCUT2D eigenvalue weighted by molar-refractivity contribution is 7.15. The molecule has 3 rings (SSSR count). The summed E-state index contributed by atoms with van der Waals surface area (Å²) in [6, 6.07) is 5.65. The van der Waals surface area contributed by atoms with Crippen LogP contribution < -0.4 is 5.32 Å². The number of thiazole rings is 2. The number of hydrogen-bond acceptors (Lipinski definition) is 6. The number of nitrogens with one attached hydrogen (secondary N) is 1. The maximum Gasteiger partial charge on any atom is 0.269 e. The van der Waals surface area contributed by atoms with Gasteiger partial charge in [-0.25, -0.2) is 9.97 Å². The van der Waals surface area contributed by atoms with Crippen molar-refractivity contribution >= 4 is 33.7 Å². The summed E-state index contributed by atoms with van der Waals surface area (Å²) in [6.07, 6.45) is 4.15. The van der Waals surface area contributed by atoms with Crippen LogP contribution in [0.3, 0.4) is 0 Å². The van der Waals surface area contributed by atoms with Crippen molar-refractivity contribution in [2.45, 2.75) is 13.3 Å². The molecule has 1 amide bonds. The Bertz CT molecular complexity index is 751. The molecule has 5 nitrogen and oxygen atoms in total. The van der Waals surface area contributed by atoms with Crippen molar-refractivity contribution in [1.82, 2.24) is 15.0 Å². The van der Waals surface area contributed by atoms with Gasteiger partial charge in [0.25, 0.3) is 5.91 Å². The molecule has 0 unspecified atom stereocenters. The Morgan fingerprint density at radius 3 is 2.90 bits per heavy atom. The van der Waals surface area contributed by atoms with Gasteiger partial charge in [-0.2, -0.15) is 0 Å². The molecule has 21 heavy (non-hydrogen) atoms. The summed E-state index contributed by atoms with van der Waals surface area (Å²) < 4.78 is 0. The lowest BCUT2D eigenvalue weighted by Gasteiger charge is -1.97. The van der Waals surface area contributed by atoms with E-state index in [2.05, 4.69) is 20.3 Å². The fourth-order valence-electron chi connectivity index (χ4n) is 1.70. The van der Waals surface area contributed by atoms with E-state index in [0.717, 1.165) is 22.8 Å². The Hall–Kier alpha value is -2.12. The smallest absolute Gasteiger partial charge is 0.269 e. The van der Waals surface area contributed by atoms with Gasteiger partial charge in [0.05, 0.1) is 16.9 Å². The molecular weight excluding hydrogens is 304 g/mol. The molecule has 1 N–H and O–H groups in total. The highest BCUT2D eigenvalue weighted by atomic mass is 32.1. The van der Waals surface area contributed by atoms with Crippen LogP contribution in [0.15, 0.2) is 36.0 Å². The Morgan fingerprint density at radius 2 is 2.19 bits per heavy atom. The quantitative estimate of drug-likeness (QED) is 0.800. The summed E-state index contributed by atoms with van der Waals surface area (Å²) in [5.41, 5.74) is 1.55. The minimum atomic E-state index is -0.172. The lowest BCUT2D eigenvalue weighted by atomic mass is 10.3. The Balaban J connectivity index is 1.74. The fraction of sp³-hybridized carbons (Fsp3) is 0.143. The lowest BCUT2D eigenvalue weighted by Crippen LogP contribution is -2.09. The lowest BCUT2D eigenvalue weighted by molar-refractivity contribution is 0.103. The van der Waals surface area contributed by atoms with Crippen molar-refractivity contribution in [3.63, 3.8) is 0 Å². The van der Waals surface area contributed by atoms with E-state index in [-0.39, 0.29) is 5.91 Å². The number of amides is 1. The van der Waals surface area contributed by atoms with Crippen molar-refractivity contribution in [3.8, 4) is 11.4 Å². The van der Waals surface area contributed by atoms with E-state index in [0.29, 0.717) is 10.0 Å². The summed E-state index contributed by atoms with van der Waals surface area (Å²) in [4.78, 5) is 25.5. The average Bonchev–Trinajstić information content (AvgIpc) is 3.17. The summed E-state index contributed by atoms with van der Waals surface area (Å²) in [5.74, 6) is -0.172. The summed E-state index contributed by atoms with van der Waals surface area (Å²) >= 11 is 2.79. The second-order valence-electron chi connectivity index (χ2n) is 4.18. The first-order chi connectivity index (χ1) is 10.3. The first kappa shape index (κ1) is 13.8. The van der Waals surface area contributed by atoms with E-state index in [9.17, 15) is 4.79 Å². The van der Waals surface area contributed by atoms with Gasteiger partial charge in [0.1, 0.15) is 10.6 Å². The molecule has 106 valence electrons. The van der Waals surface area contributed by atoms with Crippen molar-refractivity contribution in [3.05, 3.63) is 45.9 Å². The summed E-state index contributed by atoms with van der Waals surface area (Å²) in [5, 5.41) is 6.19. The van der Waals surface area contributed by atoms with E-state index in [1.165, 1.54) is 22.7 Å². The Morgan fingerprint density at radius 1 is 1.29 bits per heavy atom. The number of pyridine rings is 1. The standard InChI is InChI=1S/C14H12N4OS2/c1-2-12-16-7-11(21-12)13(19)18-14-17-10(8-20-14)9-5-3-4-6-15-9/h3-8H,2H2,1H3,(H,17,18,19). The Labute approximate surface area is 129 Å². The predicted molar refractivity (Wildman–Crippen MR) is 84.8 cm³/mol. The molecule has 0 aliphatic carbocycles. The van der Waals surface area contributed by atoms with Crippen LogP contribution in [-0.4, -0.2) is 20.9 Å². The third-order valence-electron chi connectivity index (χ3n) is 2.73. The van der Waals surface area contributed by atoms with E-state index in [4.69, 9.17) is 0 Å². The van der Waals surface area contributed by atoms with Gasteiger partial charge in [-0.1, -0.05) is 13.0 Å². The molecule has 0 bridgehead atoms. The van der Waals surface area contributed by atoms with Crippen molar-refractivity contribution in [1.29, 1.82) is 0 Å². The van der Waals surface area contributed by atoms with Crippen LogP contribution in [0.25, 0.3) is 11.4 Å². The van der Waals surface area contributed by atoms with Crippen LogP contribution in [0.2, 0.25) is 0 Å². The topological polar surface area (TPSA) is 67.8 Å². The zero-order chi connectivity index (χ0) is 14.7. The van der Waals surface area contributed by atoms with E-state index < -0.39 is 0 Å². The number of hydrogen-bond donors (Lipinski definition) is 1. The first-order valence-corrected chi connectivity index (χ1v) is 8.09. The molecule has 7 heteroatoms. The van der Waals surface area contributed by atoms with E-state index >= 15 is 0 Å². The number of rotatable bonds is 4. The van der Waals surface area contributed by atoms with Crippen LogP contribution in [-0.2, 0) is 6.42 Å². The molecule has 0 fully saturated rings. The molecule has 0 atom stereocenters. The van der Waals surface area contributed by atoms with Crippen molar-refractivity contribution in [2.75, 3.05) is 5.32 Å². The van der Waals surface area contributed by atoms with Crippen LogP contribution in [0.4, 0.5) is 5.13 Å². The largest absolute Gasteiger partial charge is 0.297 e. The van der Waals surface area contributed by atoms with Gasteiger partial charge in [0.15, 0.2) is 5.13 Å². The molecule has 3 heterocycles. The van der Waals surface area contributed by atoms with Crippen LogP contribution in [0, 0.1) is 0 Å². The molecule has 3 aromatic rings. The van der Waals surface area contributed by atoms with Crippen LogP contribution in [0.5, 0.6) is 0 Å². The van der Waals surface area contributed by atoms with Gasteiger partial charge in [0, 0.05) is 11.6 Å². The van der Waals surface area contributed by atoms with Gasteiger partial charge < -0.3 is 0 Å². The maximum absolute atomic E-state index is 12.1. The van der Waals surface area contributed by atoms with Crippen LogP contribution >= 0.6 is 22.7 Å². The fourth-order valence-corrected chi connectivity index (χ4v) is 3.15. The van der Waals surface area contributed by atoms with Gasteiger partial charge >= 0.3 is 0 Å². The third kappa shape index (κ3) is 3.14. The first-order valence-electron chi connectivity index (χ1n) is 6.39. The molecule has 0 saturated carbocycles. The Kier molecular flexibility index (Phi) is 4.03. The minimum absolute atomic E-state index is 0.172. The van der Waals surface area contributed by atoms with Crippen molar-refractivity contribution < 1.29 is 4.79 Å². The number of carbonyl (C=O) groups is 1. The SMILES string of the molecule is CCc1ncc(C(=O)Nc2nc(-c3ccccn3)cs2)s1. The molecule has 0 aromatic carbocycles. The number of aromatic nitrogens is 3. The molecule has 0 spiro atoms. The van der Waals surface area contributed by atoms with Gasteiger partial charge in [-0.05, 0) is 18.6 Å². The number of anilines is 1. The summed E-state index contributed by atoms with van der Waals surface area (Å²) in [7, 11) is 0. The highest BCUT2D eigenvalue weighted by Gasteiger charge is 2.13. The molecule has 0 aliphatic heterocycles. The second-order valence-corrected chi connectivity index (χ2v) is 6.15. The van der Waals surface area contributed by atoms with Gasteiger partial charge in [-0.15, -0.1) is 22.7 Å². The van der Waals surface area contributed by atoms with Gasteiger partial charge in [0.2, 0.25) is 0 Å². The minimum Gasteiger partial charge on any atom is -0.297 e. The normalized spacial score (nSPS) is 10.5. The highest BCUT2D eigenvalue weighted by Crippen LogP contribution is 2.24. The van der Waals surface area contributed by atoms with Crippen molar-refractivity contribution in [2.24, 2.45) is 0 Å². The van der Waals surface area contributed by atoms with E-state index in [1.807, 2.05) is 30.5 Å². The maximum atomic E-state index is 12.1. The zero-order valence-electron chi connectivity index (χ0n) is 11.2. The molecular formula is C14H12N4OS2. The molecule has 0 saturated heterocycles. The molecule has 0 radical (unpaired) electrons. The van der Waals surface area contributed by atoms with Gasteiger partial charge in [-0.3, -0.25) is 15.1 Å². The molecule has 0 aliphatic rings. The number of carbonyl (C=O) groups excluding carboxylic acids is 1. The van der Waals surface area contributed by atoms with E-state index in [1.54, 1.807) is 12.4 Å². The third-order valence-corrected chi connectivity index (χ3v) is 4.63. The zero-order valence-corrected chi connectivity index (χ0v) is 12.9. The monoisotopic (exact) mass is 316 g/mol. The number of nitrogens with zero attached hydrogens (tertiary/aromatic N) is 3. The average molecular weight is 316 g/mol. The van der Waals surface area contributed by atoms with Crippen LogP contribution in [0.1, 0.15) is 21.6 Å². The summed E-state index contributed by atoms with van der Waals surface area (Å²) in [6.45, 7) is 2.01. The number of aryl methyl sites for hydroxylation is 1. The predicted octanol–water partition coefficient (Wildman–Crippen LogP) is 3.48.